The molecule has 0 amide bonds. The van der Waals surface area contributed by atoms with Gasteiger partial charge in [0.05, 0.1) is 16.6 Å². The number of carbonyl (C=O) groups is 1. The minimum Gasteiger partial charge on any atom is -0.477 e. The van der Waals surface area contributed by atoms with Gasteiger partial charge in [0.15, 0.2) is 11.6 Å². The van der Waals surface area contributed by atoms with Crippen LogP contribution in [0.5, 0.6) is 0 Å². The van der Waals surface area contributed by atoms with Gasteiger partial charge in [0.1, 0.15) is 11.3 Å². The molecule has 0 spiro atoms. The number of anilines is 2. The Morgan fingerprint density at radius 2 is 2.03 bits per heavy atom. The molecule has 0 bridgehead atoms. The van der Waals surface area contributed by atoms with Gasteiger partial charge in [-0.15, -0.1) is 0 Å². The number of nitrogen functional groups attached to an aromatic ring is 1. The molecule has 0 radical (unpaired) electrons. The lowest BCUT2D eigenvalue weighted by Crippen LogP contribution is -2.27. The summed E-state index contributed by atoms with van der Waals surface area (Å²) in [7, 11) is 0. The molecule has 2 heterocycles. The number of aryl methyl sites for hydroxylation is 1. The van der Waals surface area contributed by atoms with E-state index in [1.807, 2.05) is 0 Å². The number of nitrogens with one attached hydrogen (secondary N) is 1. The first kappa shape index (κ1) is 20.6. The van der Waals surface area contributed by atoms with E-state index in [1.165, 1.54) is 17.4 Å². The number of aromatic carboxylic acids is 1. The third kappa shape index (κ3) is 3.51. The first-order chi connectivity index (χ1) is 14.3. The average molecular weight is 420 g/mol. The van der Waals surface area contributed by atoms with Crippen LogP contribution in [-0.4, -0.2) is 41.3 Å². The van der Waals surface area contributed by atoms with Gasteiger partial charge >= 0.3 is 5.97 Å². The molecule has 1 unspecified atom stereocenters. The maximum Gasteiger partial charge on any atom is 0.341 e. The van der Waals surface area contributed by atoms with E-state index in [4.69, 9.17) is 5.73 Å². The molecule has 2 aliphatic rings. The van der Waals surface area contributed by atoms with E-state index in [0.717, 1.165) is 25.6 Å². The number of halogens is 2. The van der Waals surface area contributed by atoms with E-state index in [0.29, 0.717) is 25.0 Å². The van der Waals surface area contributed by atoms with E-state index < -0.39 is 39.7 Å². The normalized spacial score (nSPS) is 19.0. The van der Waals surface area contributed by atoms with Crippen LogP contribution in [0.3, 0.4) is 0 Å². The zero-order valence-corrected chi connectivity index (χ0v) is 16.9. The number of carboxylic acid groups (broad SMARTS) is 1. The fraction of sp³-hybridized carbons (Fsp3) is 0.524. The van der Waals surface area contributed by atoms with Crippen LogP contribution in [0.2, 0.25) is 0 Å². The van der Waals surface area contributed by atoms with Gasteiger partial charge in [-0.1, -0.05) is 0 Å². The average Bonchev–Trinajstić information content (AvgIpc) is 3.42. The van der Waals surface area contributed by atoms with Crippen molar-refractivity contribution < 1.29 is 18.7 Å². The van der Waals surface area contributed by atoms with Gasteiger partial charge in [-0.25, -0.2) is 13.6 Å². The van der Waals surface area contributed by atoms with Crippen LogP contribution in [0.4, 0.5) is 20.2 Å². The lowest BCUT2D eigenvalue weighted by molar-refractivity contribution is 0.0695. The van der Waals surface area contributed by atoms with Crippen molar-refractivity contribution in [3.8, 4) is 0 Å². The Morgan fingerprint density at radius 3 is 2.67 bits per heavy atom. The Kier molecular flexibility index (Phi) is 5.40. The van der Waals surface area contributed by atoms with Crippen molar-refractivity contribution in [2.75, 3.05) is 30.3 Å². The van der Waals surface area contributed by atoms with Crippen molar-refractivity contribution in [1.29, 1.82) is 0 Å². The molecule has 1 aromatic heterocycles. The quantitative estimate of drug-likeness (QED) is 0.596. The Labute approximate surface area is 172 Å². The third-order valence-corrected chi connectivity index (χ3v) is 6.15. The molecule has 9 heteroatoms. The molecule has 1 aromatic carbocycles. The van der Waals surface area contributed by atoms with Gasteiger partial charge in [0.2, 0.25) is 5.43 Å². The highest BCUT2D eigenvalue weighted by molar-refractivity contribution is 5.99. The molecule has 1 saturated heterocycles. The number of nitrogens with zero attached hydrogens (tertiary/aromatic N) is 2. The van der Waals surface area contributed by atoms with E-state index in [1.54, 1.807) is 11.8 Å². The first-order valence-electron chi connectivity index (χ1n) is 10.4. The zero-order valence-electron chi connectivity index (χ0n) is 16.9. The lowest BCUT2D eigenvalue weighted by Gasteiger charge is -2.23. The minimum atomic E-state index is -1.46. The van der Waals surface area contributed by atoms with Crippen molar-refractivity contribution in [2.24, 2.45) is 5.92 Å². The van der Waals surface area contributed by atoms with E-state index >= 15 is 8.78 Å². The van der Waals surface area contributed by atoms with Crippen LogP contribution >= 0.6 is 0 Å². The van der Waals surface area contributed by atoms with Crippen molar-refractivity contribution in [3.05, 3.63) is 33.6 Å². The van der Waals surface area contributed by atoms with Crippen LogP contribution in [0.25, 0.3) is 10.9 Å². The minimum absolute atomic E-state index is 0.153. The predicted molar refractivity (Wildman–Crippen MR) is 111 cm³/mol. The molecule has 162 valence electrons. The molecule has 1 aliphatic carbocycles. The van der Waals surface area contributed by atoms with Crippen molar-refractivity contribution in [3.63, 3.8) is 0 Å². The second-order valence-electron chi connectivity index (χ2n) is 8.19. The SMILES string of the molecule is CCn1cc(C(=O)O)c(=O)c2c(N)c(F)c(N3CCC(CCNC4CC4)C3)c(F)c21. The summed E-state index contributed by atoms with van der Waals surface area (Å²) in [6.07, 6.45) is 5.27. The summed E-state index contributed by atoms with van der Waals surface area (Å²) >= 11 is 0. The Hall–Kier alpha value is -2.68. The number of rotatable bonds is 7. The number of hydrogen-bond acceptors (Lipinski definition) is 5. The summed E-state index contributed by atoms with van der Waals surface area (Å²) < 4.78 is 32.0. The summed E-state index contributed by atoms with van der Waals surface area (Å²) in [5, 5.41) is 12.3. The number of carboxylic acids is 1. The monoisotopic (exact) mass is 420 g/mol. The predicted octanol–water partition coefficient (Wildman–Crippen LogP) is 2.55. The number of aromatic nitrogens is 1. The molecule has 30 heavy (non-hydrogen) atoms. The van der Waals surface area contributed by atoms with Crippen LogP contribution in [-0.2, 0) is 6.54 Å². The van der Waals surface area contributed by atoms with Crippen molar-refractivity contribution in [2.45, 2.75) is 45.2 Å². The van der Waals surface area contributed by atoms with Gasteiger partial charge < -0.3 is 25.6 Å². The van der Waals surface area contributed by atoms with Crippen LogP contribution in [0, 0.1) is 17.6 Å². The maximum absolute atomic E-state index is 15.6. The van der Waals surface area contributed by atoms with Crippen molar-refractivity contribution in [1.82, 2.24) is 9.88 Å². The molecular weight excluding hydrogens is 394 g/mol. The molecule has 1 saturated carbocycles. The number of benzene rings is 1. The van der Waals surface area contributed by atoms with Gasteiger partial charge in [0, 0.05) is 31.9 Å². The van der Waals surface area contributed by atoms with Crippen LogP contribution in [0.1, 0.15) is 43.0 Å². The molecule has 1 aliphatic heterocycles. The molecule has 4 N–H and O–H groups in total. The zero-order chi connectivity index (χ0) is 21.6. The van der Waals surface area contributed by atoms with Gasteiger partial charge in [-0.05, 0) is 45.1 Å². The fourth-order valence-corrected chi connectivity index (χ4v) is 4.33. The molecule has 1 atom stereocenters. The van der Waals surface area contributed by atoms with Gasteiger partial charge in [-0.2, -0.15) is 0 Å². The molecule has 2 fully saturated rings. The van der Waals surface area contributed by atoms with Gasteiger partial charge in [0.25, 0.3) is 0 Å². The second-order valence-corrected chi connectivity index (χ2v) is 8.19. The number of hydrogen-bond donors (Lipinski definition) is 3. The summed E-state index contributed by atoms with van der Waals surface area (Å²) in [5.41, 5.74) is 3.49. The molecule has 4 rings (SSSR count). The first-order valence-corrected chi connectivity index (χ1v) is 10.4. The summed E-state index contributed by atoms with van der Waals surface area (Å²) in [5.74, 6) is -3.02. The van der Waals surface area contributed by atoms with Crippen LogP contribution < -0.4 is 21.4 Å². The largest absolute Gasteiger partial charge is 0.477 e. The summed E-state index contributed by atoms with van der Waals surface area (Å²) in [6.45, 7) is 3.79. The highest BCUT2D eigenvalue weighted by Gasteiger charge is 2.32. The molecular formula is C21H26F2N4O3. The van der Waals surface area contributed by atoms with Gasteiger partial charge in [-0.3, -0.25) is 4.79 Å². The Bertz CT molecular complexity index is 1060. The topological polar surface area (TPSA) is 101 Å². The third-order valence-electron chi connectivity index (χ3n) is 6.15. The molecule has 2 aromatic rings. The fourth-order valence-electron chi connectivity index (χ4n) is 4.33. The van der Waals surface area contributed by atoms with E-state index in [9.17, 15) is 14.7 Å². The Morgan fingerprint density at radius 1 is 1.30 bits per heavy atom. The van der Waals surface area contributed by atoms with Crippen LogP contribution in [0.15, 0.2) is 11.0 Å². The van der Waals surface area contributed by atoms with E-state index in [-0.39, 0.29) is 17.7 Å². The number of fused-ring (bicyclic) bond motifs is 1. The Balaban J connectivity index is 1.73. The highest BCUT2D eigenvalue weighted by Crippen LogP contribution is 2.37. The van der Waals surface area contributed by atoms with Crippen molar-refractivity contribution >= 4 is 28.2 Å². The molecule has 7 nitrogen and oxygen atoms in total. The summed E-state index contributed by atoms with van der Waals surface area (Å²) in [4.78, 5) is 25.7. The second kappa shape index (κ2) is 7.86. The highest BCUT2D eigenvalue weighted by atomic mass is 19.1. The lowest BCUT2D eigenvalue weighted by atomic mass is 10.0. The number of pyridine rings is 1. The van der Waals surface area contributed by atoms with E-state index in [2.05, 4.69) is 5.32 Å². The standard InChI is InChI=1S/C21H26F2N4O3/c1-2-26-10-13(21(29)30)20(28)14-17(24)15(22)19(16(23)18(14)26)27-8-6-11(9-27)5-7-25-12-3-4-12/h10-12,25H,2-9,24H2,1H3,(H,29,30). The summed E-state index contributed by atoms with van der Waals surface area (Å²) in [6, 6.07) is 0.624. The smallest absolute Gasteiger partial charge is 0.341 e. The number of nitrogens with two attached hydrogens (primary N) is 1. The maximum atomic E-state index is 15.6.